The van der Waals surface area contributed by atoms with Gasteiger partial charge in [-0.2, -0.15) is 4.52 Å². The molecular formula is C23H30N8O. The van der Waals surface area contributed by atoms with Gasteiger partial charge in [-0.25, -0.2) is 0 Å². The first-order valence-electron chi connectivity index (χ1n) is 11.5. The van der Waals surface area contributed by atoms with Crippen LogP contribution in [0, 0.1) is 0 Å². The Kier molecular flexibility index (Phi) is 5.89. The van der Waals surface area contributed by atoms with Gasteiger partial charge in [0.05, 0.1) is 6.04 Å². The summed E-state index contributed by atoms with van der Waals surface area (Å²) < 4.78 is 1.69. The predicted molar refractivity (Wildman–Crippen MR) is 125 cm³/mol. The normalized spacial score (nSPS) is 18.7. The lowest BCUT2D eigenvalue weighted by molar-refractivity contribution is -0.120. The minimum absolute atomic E-state index is 0.0354. The van der Waals surface area contributed by atoms with Gasteiger partial charge in [0.15, 0.2) is 5.65 Å². The molecule has 1 atom stereocenters. The van der Waals surface area contributed by atoms with Crippen molar-refractivity contribution in [2.45, 2.75) is 32.2 Å². The largest absolute Gasteiger partial charge is 0.372 e. The van der Waals surface area contributed by atoms with E-state index in [1.807, 2.05) is 31.2 Å². The van der Waals surface area contributed by atoms with Crippen LogP contribution in [0.15, 0.2) is 42.7 Å². The van der Waals surface area contributed by atoms with Crippen molar-refractivity contribution in [3.63, 3.8) is 0 Å². The predicted octanol–water partition coefficient (Wildman–Crippen LogP) is 2.26. The van der Waals surface area contributed by atoms with Crippen LogP contribution in [0.25, 0.3) is 5.65 Å². The Morgan fingerprint density at radius 1 is 0.906 bits per heavy atom. The zero-order valence-corrected chi connectivity index (χ0v) is 18.5. The summed E-state index contributed by atoms with van der Waals surface area (Å²) in [7, 11) is 0. The van der Waals surface area contributed by atoms with E-state index in [1.165, 1.54) is 24.9 Å². The van der Waals surface area contributed by atoms with Crippen LogP contribution in [-0.4, -0.2) is 75.9 Å². The van der Waals surface area contributed by atoms with E-state index in [0.717, 1.165) is 56.4 Å². The fraction of sp³-hybridized carbons (Fsp3) is 0.478. The van der Waals surface area contributed by atoms with E-state index >= 15 is 0 Å². The molecule has 9 nitrogen and oxygen atoms in total. The van der Waals surface area contributed by atoms with Gasteiger partial charge in [0, 0.05) is 50.6 Å². The highest BCUT2D eigenvalue weighted by Crippen LogP contribution is 2.22. The van der Waals surface area contributed by atoms with Crippen molar-refractivity contribution in [3.05, 3.63) is 42.7 Å². The molecule has 1 N–H and O–H groups in total. The maximum atomic E-state index is 12.9. The number of piperidine rings is 1. The second-order valence-electron chi connectivity index (χ2n) is 8.61. The Morgan fingerprint density at radius 3 is 2.41 bits per heavy atom. The van der Waals surface area contributed by atoms with E-state index in [-0.39, 0.29) is 11.9 Å². The van der Waals surface area contributed by atoms with Gasteiger partial charge < -0.3 is 15.1 Å². The van der Waals surface area contributed by atoms with Gasteiger partial charge in [0.2, 0.25) is 5.91 Å². The SMILES string of the molecule is CC(C(=O)Nc1ccc(N2CCCCC2)cc1)N1CCN(c2ccc3nncn3n2)CC1. The van der Waals surface area contributed by atoms with E-state index in [4.69, 9.17) is 0 Å². The van der Waals surface area contributed by atoms with Gasteiger partial charge in [-0.15, -0.1) is 15.3 Å². The van der Waals surface area contributed by atoms with Crippen LogP contribution in [-0.2, 0) is 4.79 Å². The quantitative estimate of drug-likeness (QED) is 0.660. The molecule has 0 aliphatic carbocycles. The molecule has 32 heavy (non-hydrogen) atoms. The number of amides is 1. The molecule has 2 saturated heterocycles. The molecule has 1 amide bonds. The molecule has 5 rings (SSSR count). The number of aromatic nitrogens is 4. The molecule has 1 unspecified atom stereocenters. The fourth-order valence-electron chi connectivity index (χ4n) is 4.55. The lowest BCUT2D eigenvalue weighted by atomic mass is 10.1. The van der Waals surface area contributed by atoms with E-state index in [1.54, 1.807) is 10.8 Å². The molecule has 2 aromatic heterocycles. The van der Waals surface area contributed by atoms with Crippen LogP contribution >= 0.6 is 0 Å². The number of nitrogens with one attached hydrogen (secondary N) is 1. The second-order valence-corrected chi connectivity index (χ2v) is 8.61. The first-order chi connectivity index (χ1) is 15.7. The molecule has 2 fully saturated rings. The van der Waals surface area contributed by atoms with Gasteiger partial charge in [0.1, 0.15) is 12.1 Å². The molecular weight excluding hydrogens is 404 g/mol. The molecule has 0 spiro atoms. The number of rotatable bonds is 5. The Hall–Kier alpha value is -3.20. The van der Waals surface area contributed by atoms with Crippen molar-refractivity contribution in [1.82, 2.24) is 24.7 Å². The minimum Gasteiger partial charge on any atom is -0.372 e. The molecule has 1 aromatic carbocycles. The Balaban J connectivity index is 1.14. The Morgan fingerprint density at radius 2 is 1.66 bits per heavy atom. The smallest absolute Gasteiger partial charge is 0.241 e. The molecule has 0 radical (unpaired) electrons. The maximum absolute atomic E-state index is 12.9. The molecule has 168 valence electrons. The number of hydrogen-bond donors (Lipinski definition) is 1. The third-order valence-corrected chi connectivity index (χ3v) is 6.57. The summed E-state index contributed by atoms with van der Waals surface area (Å²) in [6, 6.07) is 12.0. The van der Waals surface area contributed by atoms with Crippen LogP contribution in [0.2, 0.25) is 0 Å². The molecule has 9 heteroatoms. The highest BCUT2D eigenvalue weighted by molar-refractivity contribution is 5.94. The van der Waals surface area contributed by atoms with Crippen molar-refractivity contribution >= 4 is 28.7 Å². The standard InChI is InChI=1S/C23H30N8O/c1-18(23(32)25-19-5-7-20(8-6-19)29-11-3-2-4-12-29)28-13-15-30(16-14-28)22-10-9-21-26-24-17-31(21)27-22/h5-10,17-18H,2-4,11-16H2,1H3,(H,25,32). The van der Waals surface area contributed by atoms with Gasteiger partial charge in [0.25, 0.3) is 0 Å². The third kappa shape index (κ3) is 4.38. The first-order valence-corrected chi connectivity index (χ1v) is 11.5. The van der Waals surface area contributed by atoms with E-state index < -0.39 is 0 Å². The topological polar surface area (TPSA) is 81.9 Å². The summed E-state index contributed by atoms with van der Waals surface area (Å²) in [5.41, 5.74) is 2.83. The number of fused-ring (bicyclic) bond motifs is 1. The summed E-state index contributed by atoms with van der Waals surface area (Å²) in [6.07, 6.45) is 5.45. The number of anilines is 3. The average molecular weight is 435 g/mol. The Bertz CT molecular complexity index is 1050. The number of nitrogens with zero attached hydrogens (tertiary/aromatic N) is 7. The number of carbonyl (C=O) groups is 1. The summed E-state index contributed by atoms with van der Waals surface area (Å²) >= 11 is 0. The van der Waals surface area contributed by atoms with Crippen molar-refractivity contribution in [2.24, 2.45) is 0 Å². The molecule has 0 saturated carbocycles. The summed E-state index contributed by atoms with van der Waals surface area (Å²) in [6.45, 7) is 7.49. The lowest BCUT2D eigenvalue weighted by Gasteiger charge is -2.37. The van der Waals surface area contributed by atoms with Crippen molar-refractivity contribution in [2.75, 3.05) is 54.4 Å². The first kappa shape index (κ1) is 20.7. The van der Waals surface area contributed by atoms with Crippen LogP contribution < -0.4 is 15.1 Å². The van der Waals surface area contributed by atoms with Crippen LogP contribution in [0.5, 0.6) is 0 Å². The molecule has 3 aromatic rings. The van der Waals surface area contributed by atoms with Gasteiger partial charge >= 0.3 is 0 Å². The van der Waals surface area contributed by atoms with Crippen molar-refractivity contribution in [3.8, 4) is 0 Å². The third-order valence-electron chi connectivity index (χ3n) is 6.57. The highest BCUT2D eigenvalue weighted by atomic mass is 16.2. The van der Waals surface area contributed by atoms with E-state index in [9.17, 15) is 4.79 Å². The molecule has 2 aliphatic heterocycles. The zero-order chi connectivity index (χ0) is 21.9. The van der Waals surface area contributed by atoms with Crippen molar-refractivity contribution in [1.29, 1.82) is 0 Å². The van der Waals surface area contributed by atoms with Gasteiger partial charge in [-0.3, -0.25) is 9.69 Å². The van der Waals surface area contributed by atoms with E-state index in [2.05, 4.69) is 47.4 Å². The highest BCUT2D eigenvalue weighted by Gasteiger charge is 2.26. The Labute approximate surface area is 188 Å². The van der Waals surface area contributed by atoms with Crippen LogP contribution in [0.3, 0.4) is 0 Å². The second kappa shape index (κ2) is 9.12. The number of piperazine rings is 1. The van der Waals surface area contributed by atoms with Crippen LogP contribution in [0.4, 0.5) is 17.2 Å². The van der Waals surface area contributed by atoms with Crippen LogP contribution in [0.1, 0.15) is 26.2 Å². The van der Waals surface area contributed by atoms with Gasteiger partial charge in [-0.1, -0.05) is 0 Å². The summed E-state index contributed by atoms with van der Waals surface area (Å²) in [5, 5.41) is 15.5. The fourth-order valence-corrected chi connectivity index (χ4v) is 4.55. The lowest BCUT2D eigenvalue weighted by Crippen LogP contribution is -2.53. The molecule has 0 bridgehead atoms. The maximum Gasteiger partial charge on any atom is 0.241 e. The average Bonchev–Trinajstić information content (AvgIpc) is 3.33. The molecule has 4 heterocycles. The van der Waals surface area contributed by atoms with Gasteiger partial charge in [-0.05, 0) is 62.6 Å². The summed E-state index contributed by atoms with van der Waals surface area (Å²) in [4.78, 5) is 19.7. The molecule has 2 aliphatic rings. The minimum atomic E-state index is -0.188. The number of benzene rings is 1. The summed E-state index contributed by atoms with van der Waals surface area (Å²) in [5.74, 6) is 0.941. The number of carbonyl (C=O) groups excluding carboxylic acids is 1. The zero-order valence-electron chi connectivity index (χ0n) is 18.5. The van der Waals surface area contributed by atoms with E-state index in [0.29, 0.717) is 0 Å². The van der Waals surface area contributed by atoms with Crippen molar-refractivity contribution < 1.29 is 4.79 Å². The number of hydrogen-bond acceptors (Lipinski definition) is 7. The monoisotopic (exact) mass is 434 g/mol.